The first-order chi connectivity index (χ1) is 12.1. The molecule has 0 radical (unpaired) electrons. The van der Waals surface area contributed by atoms with Gasteiger partial charge >= 0.3 is 0 Å². The van der Waals surface area contributed by atoms with Crippen LogP contribution in [0.25, 0.3) is 0 Å². The first-order valence-corrected chi connectivity index (χ1v) is 8.38. The Labute approximate surface area is 146 Å². The van der Waals surface area contributed by atoms with Gasteiger partial charge < -0.3 is 15.0 Å². The second kappa shape index (κ2) is 7.83. The lowest BCUT2D eigenvalue weighted by atomic mass is 10.2. The van der Waals surface area contributed by atoms with Gasteiger partial charge in [0.15, 0.2) is 6.61 Å². The number of nitrogens with one attached hydrogen (secondary N) is 1. The van der Waals surface area contributed by atoms with Gasteiger partial charge in [0, 0.05) is 32.4 Å². The number of aryl methyl sites for hydroxylation is 1. The molecule has 2 amide bonds. The molecule has 1 atom stereocenters. The number of rotatable bonds is 6. The van der Waals surface area contributed by atoms with Crippen LogP contribution in [0.4, 0.5) is 0 Å². The van der Waals surface area contributed by atoms with Gasteiger partial charge in [-0.2, -0.15) is 5.10 Å². The van der Waals surface area contributed by atoms with Crippen molar-refractivity contribution >= 4 is 11.8 Å². The summed E-state index contributed by atoms with van der Waals surface area (Å²) in [5.41, 5.74) is 0.380. The number of carbonyl (C=O) groups is 2. The molecule has 7 heteroatoms. The maximum Gasteiger partial charge on any atom is 0.271 e. The molecule has 1 aliphatic rings. The fourth-order valence-corrected chi connectivity index (χ4v) is 2.96. The monoisotopic (exact) mass is 342 g/mol. The van der Waals surface area contributed by atoms with E-state index in [1.807, 2.05) is 30.3 Å². The lowest BCUT2D eigenvalue weighted by molar-refractivity contribution is -0.134. The van der Waals surface area contributed by atoms with E-state index in [0.717, 1.165) is 12.8 Å². The van der Waals surface area contributed by atoms with E-state index in [1.54, 1.807) is 28.9 Å². The first kappa shape index (κ1) is 17.0. The number of nitrogens with zero attached hydrogens (tertiary/aromatic N) is 3. The molecule has 0 bridgehead atoms. The van der Waals surface area contributed by atoms with E-state index >= 15 is 0 Å². The normalized spacial score (nSPS) is 16.7. The summed E-state index contributed by atoms with van der Waals surface area (Å²) < 4.78 is 7.12. The summed E-state index contributed by atoms with van der Waals surface area (Å²) >= 11 is 0. The van der Waals surface area contributed by atoms with Gasteiger partial charge in [-0.05, 0) is 31.0 Å². The summed E-state index contributed by atoms with van der Waals surface area (Å²) in [5, 5.41) is 6.94. The minimum atomic E-state index is -0.222. The highest BCUT2D eigenvalue weighted by atomic mass is 16.5. The van der Waals surface area contributed by atoms with Gasteiger partial charge in [-0.3, -0.25) is 14.3 Å². The molecule has 1 unspecified atom stereocenters. The Morgan fingerprint density at radius 2 is 2.08 bits per heavy atom. The van der Waals surface area contributed by atoms with Crippen molar-refractivity contribution in [1.82, 2.24) is 20.0 Å². The van der Waals surface area contributed by atoms with Crippen molar-refractivity contribution in [2.75, 3.05) is 19.7 Å². The van der Waals surface area contributed by atoms with Crippen molar-refractivity contribution in [3.05, 3.63) is 48.3 Å². The zero-order valence-corrected chi connectivity index (χ0v) is 14.2. The molecule has 3 rings (SSSR count). The molecule has 132 valence electrons. The summed E-state index contributed by atoms with van der Waals surface area (Å²) in [5.74, 6) is 0.397. The predicted molar refractivity (Wildman–Crippen MR) is 92.2 cm³/mol. The topological polar surface area (TPSA) is 76.5 Å². The third kappa shape index (κ3) is 4.37. The molecule has 0 aliphatic carbocycles. The number of benzene rings is 1. The van der Waals surface area contributed by atoms with Crippen LogP contribution < -0.4 is 10.1 Å². The number of aromatic nitrogens is 2. The minimum absolute atomic E-state index is 0.000430. The molecular formula is C18H22N4O3. The zero-order chi connectivity index (χ0) is 17.6. The standard InChI is InChI=1S/C18H22N4O3/c1-21-11-9-16(20-21)18(24)19-12-14-6-5-10-22(14)17(23)13-25-15-7-3-2-4-8-15/h2-4,7-9,11,14H,5-6,10,12-13H2,1H3,(H,19,24). The lowest BCUT2D eigenvalue weighted by Crippen LogP contribution is -2.44. The van der Waals surface area contributed by atoms with E-state index in [9.17, 15) is 9.59 Å². The maximum atomic E-state index is 12.4. The van der Waals surface area contributed by atoms with Gasteiger partial charge in [0.05, 0.1) is 0 Å². The Balaban J connectivity index is 1.49. The van der Waals surface area contributed by atoms with Crippen LogP contribution in [-0.4, -0.2) is 52.2 Å². The molecule has 0 spiro atoms. The predicted octanol–water partition coefficient (Wildman–Crippen LogP) is 1.22. The molecule has 2 heterocycles. The molecule has 0 saturated carbocycles. The highest BCUT2D eigenvalue weighted by molar-refractivity contribution is 5.92. The van der Waals surface area contributed by atoms with E-state index < -0.39 is 0 Å². The third-order valence-corrected chi connectivity index (χ3v) is 4.25. The average Bonchev–Trinajstić information content (AvgIpc) is 3.27. The summed E-state index contributed by atoms with van der Waals surface area (Å²) in [6, 6.07) is 10.9. The summed E-state index contributed by atoms with van der Waals surface area (Å²) in [6.45, 7) is 1.13. The SMILES string of the molecule is Cn1ccc(C(=O)NCC2CCCN2C(=O)COc2ccccc2)n1. The van der Waals surface area contributed by atoms with E-state index in [0.29, 0.717) is 24.5 Å². The highest BCUT2D eigenvalue weighted by Gasteiger charge is 2.29. The number of likely N-dealkylation sites (tertiary alicyclic amines) is 1. The number of carbonyl (C=O) groups excluding carboxylic acids is 2. The molecular weight excluding hydrogens is 320 g/mol. The molecule has 7 nitrogen and oxygen atoms in total. The van der Waals surface area contributed by atoms with E-state index in [-0.39, 0.29) is 24.5 Å². The molecule has 2 aromatic rings. The second-order valence-corrected chi connectivity index (χ2v) is 6.07. The summed E-state index contributed by atoms with van der Waals surface area (Å²) in [6.07, 6.45) is 3.53. The molecule has 1 N–H and O–H groups in total. The Morgan fingerprint density at radius 3 is 2.80 bits per heavy atom. The molecule has 1 aromatic heterocycles. The Hall–Kier alpha value is -2.83. The van der Waals surface area contributed by atoms with Crippen LogP contribution >= 0.6 is 0 Å². The fraction of sp³-hybridized carbons (Fsp3) is 0.389. The van der Waals surface area contributed by atoms with Crippen LogP contribution in [0.15, 0.2) is 42.6 Å². The molecule has 1 saturated heterocycles. The maximum absolute atomic E-state index is 12.4. The van der Waals surface area contributed by atoms with Crippen LogP contribution in [0.5, 0.6) is 5.75 Å². The fourth-order valence-electron chi connectivity index (χ4n) is 2.96. The van der Waals surface area contributed by atoms with Crippen molar-refractivity contribution in [2.45, 2.75) is 18.9 Å². The van der Waals surface area contributed by atoms with Crippen LogP contribution in [0.1, 0.15) is 23.3 Å². The molecule has 1 fully saturated rings. The summed E-state index contributed by atoms with van der Waals surface area (Å²) in [4.78, 5) is 26.3. The molecule has 1 aliphatic heterocycles. The minimum Gasteiger partial charge on any atom is -0.484 e. The van der Waals surface area contributed by atoms with Crippen LogP contribution in [-0.2, 0) is 11.8 Å². The summed E-state index contributed by atoms with van der Waals surface area (Å²) in [7, 11) is 1.76. The molecule has 1 aromatic carbocycles. The van der Waals surface area contributed by atoms with Crippen molar-refractivity contribution in [3.8, 4) is 5.75 Å². The smallest absolute Gasteiger partial charge is 0.271 e. The van der Waals surface area contributed by atoms with Crippen molar-refractivity contribution in [2.24, 2.45) is 7.05 Å². The van der Waals surface area contributed by atoms with Gasteiger partial charge in [-0.1, -0.05) is 18.2 Å². The average molecular weight is 342 g/mol. The van der Waals surface area contributed by atoms with Crippen LogP contribution in [0.2, 0.25) is 0 Å². The van der Waals surface area contributed by atoms with Crippen molar-refractivity contribution in [1.29, 1.82) is 0 Å². The van der Waals surface area contributed by atoms with Crippen LogP contribution in [0, 0.1) is 0 Å². The molecule has 25 heavy (non-hydrogen) atoms. The van der Waals surface area contributed by atoms with Crippen LogP contribution in [0.3, 0.4) is 0 Å². The highest BCUT2D eigenvalue weighted by Crippen LogP contribution is 2.17. The largest absolute Gasteiger partial charge is 0.484 e. The van der Waals surface area contributed by atoms with E-state index in [4.69, 9.17) is 4.74 Å². The number of hydrogen-bond acceptors (Lipinski definition) is 4. The Bertz CT molecular complexity index is 729. The van der Waals surface area contributed by atoms with Gasteiger partial charge in [-0.15, -0.1) is 0 Å². The van der Waals surface area contributed by atoms with Gasteiger partial charge in [0.2, 0.25) is 0 Å². The van der Waals surface area contributed by atoms with Gasteiger partial charge in [0.25, 0.3) is 11.8 Å². The number of para-hydroxylation sites is 1. The second-order valence-electron chi connectivity index (χ2n) is 6.07. The van der Waals surface area contributed by atoms with E-state index in [2.05, 4.69) is 10.4 Å². The van der Waals surface area contributed by atoms with Gasteiger partial charge in [-0.25, -0.2) is 0 Å². The number of hydrogen-bond donors (Lipinski definition) is 1. The quantitative estimate of drug-likeness (QED) is 0.856. The number of ether oxygens (including phenoxy) is 1. The lowest BCUT2D eigenvalue weighted by Gasteiger charge is -2.25. The zero-order valence-electron chi connectivity index (χ0n) is 14.2. The van der Waals surface area contributed by atoms with Crippen molar-refractivity contribution < 1.29 is 14.3 Å². The number of amides is 2. The van der Waals surface area contributed by atoms with Gasteiger partial charge in [0.1, 0.15) is 11.4 Å². The first-order valence-electron chi connectivity index (χ1n) is 8.38. The van der Waals surface area contributed by atoms with Crippen molar-refractivity contribution in [3.63, 3.8) is 0 Å². The Kier molecular flexibility index (Phi) is 5.33. The Morgan fingerprint density at radius 1 is 1.28 bits per heavy atom. The third-order valence-electron chi connectivity index (χ3n) is 4.25. The van der Waals surface area contributed by atoms with E-state index in [1.165, 1.54) is 0 Å².